The van der Waals surface area contributed by atoms with Crippen molar-refractivity contribution >= 4 is 21.6 Å². The predicted octanol–water partition coefficient (Wildman–Crippen LogP) is 3.68. The fourth-order valence-corrected chi connectivity index (χ4v) is 5.02. The molecule has 1 saturated heterocycles. The average Bonchev–Trinajstić information content (AvgIpc) is 2.80. The Balaban J connectivity index is 1.75. The van der Waals surface area contributed by atoms with Crippen molar-refractivity contribution < 1.29 is 27.4 Å². The SMILES string of the molecule is CCOc1ccc(S(=O)(=O)N2CCCCC2)cc1NC(=O)COc1ccccc1OCC. The number of carbonyl (C=O) groups is 1. The molecule has 0 unspecified atom stereocenters. The predicted molar refractivity (Wildman–Crippen MR) is 122 cm³/mol. The molecule has 174 valence electrons. The van der Waals surface area contributed by atoms with E-state index in [2.05, 4.69) is 5.32 Å². The van der Waals surface area contributed by atoms with E-state index in [0.29, 0.717) is 43.6 Å². The molecule has 1 aliphatic rings. The van der Waals surface area contributed by atoms with Gasteiger partial charge in [-0.2, -0.15) is 4.31 Å². The van der Waals surface area contributed by atoms with Gasteiger partial charge >= 0.3 is 0 Å². The summed E-state index contributed by atoms with van der Waals surface area (Å²) in [5.74, 6) is 0.960. The van der Waals surface area contributed by atoms with Crippen LogP contribution >= 0.6 is 0 Å². The van der Waals surface area contributed by atoms with Gasteiger partial charge in [0.05, 0.1) is 23.8 Å². The maximum absolute atomic E-state index is 13.0. The van der Waals surface area contributed by atoms with Crippen LogP contribution in [-0.2, 0) is 14.8 Å². The number of rotatable bonds is 10. The normalized spacial score (nSPS) is 14.6. The van der Waals surface area contributed by atoms with E-state index < -0.39 is 15.9 Å². The van der Waals surface area contributed by atoms with Crippen molar-refractivity contribution in [3.8, 4) is 17.2 Å². The second-order valence-corrected chi connectivity index (χ2v) is 9.21. The van der Waals surface area contributed by atoms with Crippen LogP contribution in [0.2, 0.25) is 0 Å². The average molecular weight is 463 g/mol. The number of para-hydroxylation sites is 2. The lowest BCUT2D eigenvalue weighted by Gasteiger charge is -2.26. The van der Waals surface area contributed by atoms with Gasteiger partial charge in [-0.05, 0) is 57.0 Å². The van der Waals surface area contributed by atoms with Crippen LogP contribution in [0.25, 0.3) is 0 Å². The molecule has 0 saturated carbocycles. The van der Waals surface area contributed by atoms with E-state index in [1.165, 1.54) is 16.4 Å². The van der Waals surface area contributed by atoms with Gasteiger partial charge < -0.3 is 19.5 Å². The molecular weight excluding hydrogens is 432 g/mol. The molecule has 1 heterocycles. The summed E-state index contributed by atoms with van der Waals surface area (Å²) >= 11 is 0. The number of hydrogen-bond acceptors (Lipinski definition) is 6. The van der Waals surface area contributed by atoms with Gasteiger partial charge in [-0.25, -0.2) is 8.42 Å². The highest BCUT2D eigenvalue weighted by Gasteiger charge is 2.27. The zero-order chi connectivity index (χ0) is 23.0. The van der Waals surface area contributed by atoms with Gasteiger partial charge in [-0.15, -0.1) is 0 Å². The van der Waals surface area contributed by atoms with Gasteiger partial charge in [0.1, 0.15) is 5.75 Å². The van der Waals surface area contributed by atoms with Gasteiger partial charge in [-0.3, -0.25) is 4.79 Å². The maximum Gasteiger partial charge on any atom is 0.262 e. The minimum absolute atomic E-state index is 0.126. The highest BCUT2D eigenvalue weighted by atomic mass is 32.2. The lowest BCUT2D eigenvalue weighted by molar-refractivity contribution is -0.118. The van der Waals surface area contributed by atoms with Crippen LogP contribution in [0, 0.1) is 0 Å². The first-order valence-corrected chi connectivity index (χ1v) is 12.3. The van der Waals surface area contributed by atoms with Gasteiger partial charge in [0.2, 0.25) is 10.0 Å². The molecule has 1 amide bonds. The number of carbonyl (C=O) groups excluding carboxylic acids is 1. The largest absolute Gasteiger partial charge is 0.492 e. The molecular formula is C23H30N2O6S. The molecule has 1 N–H and O–H groups in total. The fraction of sp³-hybridized carbons (Fsp3) is 0.435. The number of anilines is 1. The summed E-state index contributed by atoms with van der Waals surface area (Å²) < 4.78 is 44.3. The highest BCUT2D eigenvalue weighted by molar-refractivity contribution is 7.89. The van der Waals surface area contributed by atoms with Crippen molar-refractivity contribution in [2.45, 2.75) is 38.0 Å². The molecule has 0 atom stereocenters. The topological polar surface area (TPSA) is 94.2 Å². The molecule has 0 aliphatic carbocycles. The van der Waals surface area contributed by atoms with Crippen molar-refractivity contribution in [2.75, 3.05) is 38.2 Å². The van der Waals surface area contributed by atoms with Gasteiger partial charge in [-0.1, -0.05) is 18.6 Å². The van der Waals surface area contributed by atoms with Crippen LogP contribution in [0.4, 0.5) is 5.69 Å². The number of ether oxygens (including phenoxy) is 3. The third-order valence-electron chi connectivity index (χ3n) is 4.99. The minimum Gasteiger partial charge on any atom is -0.492 e. The standard InChI is InChI=1S/C23H30N2O6S/c1-3-29-20-13-12-18(32(27,28)25-14-8-5-9-15-25)16-19(20)24-23(26)17-31-22-11-7-6-10-21(22)30-4-2/h6-7,10-13,16H,3-5,8-9,14-15,17H2,1-2H3,(H,24,26). The van der Waals surface area contributed by atoms with Gasteiger partial charge in [0, 0.05) is 13.1 Å². The summed E-state index contributed by atoms with van der Waals surface area (Å²) in [7, 11) is -3.64. The number of piperidine rings is 1. The number of hydrogen-bond donors (Lipinski definition) is 1. The first kappa shape index (κ1) is 23.9. The molecule has 0 radical (unpaired) electrons. The smallest absolute Gasteiger partial charge is 0.262 e. The van der Waals surface area contributed by atoms with Crippen LogP contribution in [0.5, 0.6) is 17.2 Å². The van der Waals surface area contributed by atoms with Crippen LogP contribution in [0.15, 0.2) is 47.4 Å². The van der Waals surface area contributed by atoms with Crippen molar-refractivity contribution in [1.82, 2.24) is 4.31 Å². The number of benzene rings is 2. The fourth-order valence-electron chi connectivity index (χ4n) is 3.48. The Labute approximate surface area is 189 Å². The Kier molecular flexibility index (Phi) is 8.35. The molecule has 9 heteroatoms. The van der Waals surface area contributed by atoms with Crippen LogP contribution in [0.3, 0.4) is 0 Å². The Hall–Kier alpha value is -2.78. The Bertz CT molecular complexity index is 1020. The summed E-state index contributed by atoms with van der Waals surface area (Å²) in [5, 5.41) is 2.72. The highest BCUT2D eigenvalue weighted by Crippen LogP contribution is 2.31. The van der Waals surface area contributed by atoms with E-state index in [1.807, 2.05) is 19.9 Å². The van der Waals surface area contributed by atoms with Crippen molar-refractivity contribution in [3.05, 3.63) is 42.5 Å². The third-order valence-corrected chi connectivity index (χ3v) is 6.88. The van der Waals surface area contributed by atoms with Crippen LogP contribution < -0.4 is 19.5 Å². The quantitative estimate of drug-likeness (QED) is 0.579. The minimum atomic E-state index is -3.64. The van der Waals surface area contributed by atoms with E-state index in [1.54, 1.807) is 24.3 Å². The summed E-state index contributed by atoms with van der Waals surface area (Å²) in [6, 6.07) is 11.6. The molecule has 8 nitrogen and oxygen atoms in total. The first-order chi connectivity index (χ1) is 15.5. The molecule has 2 aromatic carbocycles. The van der Waals surface area contributed by atoms with E-state index in [-0.39, 0.29) is 17.2 Å². The van der Waals surface area contributed by atoms with E-state index in [9.17, 15) is 13.2 Å². The molecule has 2 aromatic rings. The Morgan fingerprint density at radius 2 is 1.53 bits per heavy atom. The maximum atomic E-state index is 13.0. The summed E-state index contributed by atoms with van der Waals surface area (Å²) in [4.78, 5) is 12.7. The lowest BCUT2D eigenvalue weighted by atomic mass is 10.2. The second kappa shape index (κ2) is 11.2. The van der Waals surface area contributed by atoms with E-state index in [4.69, 9.17) is 14.2 Å². The van der Waals surface area contributed by atoms with Crippen LogP contribution in [-0.4, -0.2) is 51.5 Å². The van der Waals surface area contributed by atoms with Gasteiger partial charge in [0.25, 0.3) is 5.91 Å². The number of nitrogens with zero attached hydrogens (tertiary/aromatic N) is 1. The molecule has 3 rings (SSSR count). The van der Waals surface area contributed by atoms with Crippen LogP contribution in [0.1, 0.15) is 33.1 Å². The third kappa shape index (κ3) is 5.92. The van der Waals surface area contributed by atoms with Gasteiger partial charge in [0.15, 0.2) is 18.1 Å². The summed E-state index contributed by atoms with van der Waals surface area (Å²) in [6.45, 7) is 5.27. The number of sulfonamides is 1. The Morgan fingerprint density at radius 1 is 0.906 bits per heavy atom. The summed E-state index contributed by atoms with van der Waals surface area (Å²) in [5.41, 5.74) is 0.289. The number of amides is 1. The first-order valence-electron chi connectivity index (χ1n) is 10.9. The second-order valence-electron chi connectivity index (χ2n) is 7.27. The zero-order valence-electron chi connectivity index (χ0n) is 18.5. The lowest BCUT2D eigenvalue weighted by Crippen LogP contribution is -2.35. The molecule has 0 aromatic heterocycles. The summed E-state index contributed by atoms with van der Waals surface area (Å²) in [6.07, 6.45) is 2.73. The molecule has 1 aliphatic heterocycles. The van der Waals surface area contributed by atoms with E-state index in [0.717, 1.165) is 19.3 Å². The van der Waals surface area contributed by atoms with Crippen molar-refractivity contribution in [2.24, 2.45) is 0 Å². The molecule has 32 heavy (non-hydrogen) atoms. The van der Waals surface area contributed by atoms with E-state index >= 15 is 0 Å². The molecule has 1 fully saturated rings. The number of nitrogens with one attached hydrogen (secondary N) is 1. The van der Waals surface area contributed by atoms with Crippen molar-refractivity contribution in [1.29, 1.82) is 0 Å². The Morgan fingerprint density at radius 3 is 2.19 bits per heavy atom. The molecule has 0 bridgehead atoms. The molecule has 0 spiro atoms. The zero-order valence-corrected chi connectivity index (χ0v) is 19.3. The van der Waals surface area contributed by atoms with Crippen molar-refractivity contribution in [3.63, 3.8) is 0 Å². The monoisotopic (exact) mass is 462 g/mol.